The quantitative estimate of drug-likeness (QED) is 0.900. The molecule has 1 amide bonds. The van der Waals surface area contributed by atoms with Crippen molar-refractivity contribution in [3.8, 4) is 0 Å². The molecule has 122 valence electrons. The largest absolute Gasteiger partial charge is 0.416 e. The standard InChI is InChI=1S/C15H18F3NO2S/c1-10(22(2)21)9-19-13(20)14(6-7-14)11-4-3-5-12(8-11)15(16,17)18/h3-5,8,10H,6-7,9H2,1-2H3,(H,19,20)/t10-,22+/m1/s1. The van der Waals surface area contributed by atoms with Gasteiger partial charge in [-0.3, -0.25) is 9.00 Å². The molecule has 2 rings (SSSR count). The summed E-state index contributed by atoms with van der Waals surface area (Å²) in [7, 11) is -1.06. The molecule has 0 unspecified atom stereocenters. The minimum absolute atomic E-state index is 0.193. The van der Waals surface area contributed by atoms with Gasteiger partial charge in [0, 0.05) is 28.9 Å². The van der Waals surface area contributed by atoms with Crippen LogP contribution in [0.2, 0.25) is 0 Å². The van der Waals surface area contributed by atoms with Gasteiger partial charge in [-0.25, -0.2) is 0 Å². The van der Waals surface area contributed by atoms with Gasteiger partial charge < -0.3 is 5.32 Å². The van der Waals surface area contributed by atoms with E-state index in [4.69, 9.17) is 0 Å². The lowest BCUT2D eigenvalue weighted by Gasteiger charge is -2.18. The second-order valence-electron chi connectivity index (χ2n) is 5.68. The number of carbonyl (C=O) groups excluding carboxylic acids is 1. The normalized spacial score (nSPS) is 19.3. The molecule has 1 aromatic carbocycles. The summed E-state index contributed by atoms with van der Waals surface area (Å²) >= 11 is 0. The van der Waals surface area contributed by atoms with Gasteiger partial charge in [0.25, 0.3) is 0 Å². The van der Waals surface area contributed by atoms with Crippen molar-refractivity contribution >= 4 is 16.7 Å². The van der Waals surface area contributed by atoms with Crippen LogP contribution in [0.5, 0.6) is 0 Å². The van der Waals surface area contributed by atoms with Gasteiger partial charge in [0.2, 0.25) is 5.91 Å². The number of hydrogen-bond donors (Lipinski definition) is 1. The van der Waals surface area contributed by atoms with Crippen LogP contribution in [0.1, 0.15) is 30.9 Å². The lowest BCUT2D eigenvalue weighted by Crippen LogP contribution is -2.39. The zero-order valence-corrected chi connectivity index (χ0v) is 13.2. The van der Waals surface area contributed by atoms with Crippen LogP contribution >= 0.6 is 0 Å². The fraction of sp³-hybridized carbons (Fsp3) is 0.533. The average Bonchev–Trinajstić information content (AvgIpc) is 3.25. The van der Waals surface area contributed by atoms with Crippen LogP contribution in [0.3, 0.4) is 0 Å². The van der Waals surface area contributed by atoms with E-state index in [1.165, 1.54) is 6.07 Å². The van der Waals surface area contributed by atoms with Crippen molar-refractivity contribution in [1.29, 1.82) is 0 Å². The molecule has 1 aromatic rings. The van der Waals surface area contributed by atoms with E-state index >= 15 is 0 Å². The minimum Gasteiger partial charge on any atom is -0.354 e. The maximum Gasteiger partial charge on any atom is 0.416 e. The van der Waals surface area contributed by atoms with Crippen molar-refractivity contribution < 1.29 is 22.2 Å². The molecule has 0 heterocycles. The summed E-state index contributed by atoms with van der Waals surface area (Å²) in [6, 6.07) is 4.94. The highest BCUT2D eigenvalue weighted by atomic mass is 32.2. The first-order valence-corrected chi connectivity index (χ1v) is 8.57. The van der Waals surface area contributed by atoms with E-state index in [9.17, 15) is 22.2 Å². The van der Waals surface area contributed by atoms with Crippen molar-refractivity contribution in [2.24, 2.45) is 0 Å². The molecule has 1 fully saturated rings. The van der Waals surface area contributed by atoms with E-state index in [2.05, 4.69) is 5.32 Å². The fourth-order valence-electron chi connectivity index (χ4n) is 2.29. The van der Waals surface area contributed by atoms with Crippen LogP contribution in [-0.4, -0.2) is 28.2 Å². The zero-order chi connectivity index (χ0) is 16.5. The van der Waals surface area contributed by atoms with Gasteiger partial charge in [0.05, 0.1) is 11.0 Å². The summed E-state index contributed by atoms with van der Waals surface area (Å²) in [5.74, 6) is -0.288. The van der Waals surface area contributed by atoms with E-state index < -0.39 is 28.0 Å². The molecular weight excluding hydrogens is 315 g/mol. The Labute approximate surface area is 129 Å². The number of rotatable bonds is 5. The number of hydrogen-bond acceptors (Lipinski definition) is 2. The van der Waals surface area contributed by atoms with Crippen molar-refractivity contribution in [2.45, 2.75) is 36.6 Å². The predicted molar refractivity (Wildman–Crippen MR) is 78.9 cm³/mol. The topological polar surface area (TPSA) is 46.2 Å². The molecule has 0 aromatic heterocycles. The molecule has 0 bridgehead atoms. The van der Waals surface area contributed by atoms with E-state index in [1.807, 2.05) is 0 Å². The van der Waals surface area contributed by atoms with Crippen LogP contribution in [-0.2, 0) is 27.2 Å². The van der Waals surface area contributed by atoms with Gasteiger partial charge in [0.1, 0.15) is 0 Å². The van der Waals surface area contributed by atoms with Crippen molar-refractivity contribution in [2.75, 3.05) is 12.8 Å². The molecule has 0 spiro atoms. The van der Waals surface area contributed by atoms with Gasteiger partial charge >= 0.3 is 6.18 Å². The Hall–Kier alpha value is -1.37. The van der Waals surface area contributed by atoms with Crippen LogP contribution < -0.4 is 5.32 Å². The molecule has 1 aliphatic rings. The molecule has 0 saturated heterocycles. The van der Waals surface area contributed by atoms with Crippen molar-refractivity contribution in [3.05, 3.63) is 35.4 Å². The number of nitrogens with one attached hydrogen (secondary N) is 1. The SMILES string of the molecule is C[C@H](CNC(=O)C1(c2cccc(C(F)(F)F)c2)CC1)[S@](C)=O. The van der Waals surface area contributed by atoms with Crippen LogP contribution in [0.4, 0.5) is 13.2 Å². The third-order valence-corrected chi connectivity index (χ3v) is 5.34. The van der Waals surface area contributed by atoms with Gasteiger partial charge in [0.15, 0.2) is 0 Å². The third kappa shape index (κ3) is 3.51. The molecule has 1 saturated carbocycles. The Bertz CT molecular complexity index is 597. The summed E-state index contributed by atoms with van der Waals surface area (Å²) < 4.78 is 49.6. The summed E-state index contributed by atoms with van der Waals surface area (Å²) in [6.07, 6.45) is -1.81. The molecule has 1 N–H and O–H groups in total. The second-order valence-corrected chi connectivity index (χ2v) is 7.48. The first kappa shape index (κ1) is 17.0. The summed E-state index contributed by atoms with van der Waals surface area (Å²) in [5, 5.41) is 2.52. The number of alkyl halides is 3. The summed E-state index contributed by atoms with van der Waals surface area (Å²) in [5.41, 5.74) is -1.21. The molecule has 3 nitrogen and oxygen atoms in total. The number of amides is 1. The smallest absolute Gasteiger partial charge is 0.354 e. The van der Waals surface area contributed by atoms with Gasteiger partial charge in [-0.15, -0.1) is 0 Å². The Balaban J connectivity index is 2.14. The van der Waals surface area contributed by atoms with Crippen LogP contribution in [0.25, 0.3) is 0 Å². The number of carbonyl (C=O) groups is 1. The Morgan fingerprint density at radius 1 is 1.41 bits per heavy atom. The van der Waals surface area contributed by atoms with Crippen LogP contribution in [0.15, 0.2) is 24.3 Å². The van der Waals surface area contributed by atoms with Crippen molar-refractivity contribution in [3.63, 3.8) is 0 Å². The fourth-order valence-corrected chi connectivity index (χ4v) is 2.61. The predicted octanol–water partition coefficient (Wildman–Crippen LogP) is 2.62. The molecule has 1 aliphatic carbocycles. The maximum absolute atomic E-state index is 12.8. The summed E-state index contributed by atoms with van der Waals surface area (Å²) in [4.78, 5) is 12.3. The first-order chi connectivity index (χ1) is 10.2. The Morgan fingerprint density at radius 2 is 2.05 bits per heavy atom. The molecule has 2 atom stereocenters. The molecular formula is C15H18F3NO2S. The maximum atomic E-state index is 12.8. The molecule has 7 heteroatoms. The highest BCUT2D eigenvalue weighted by Crippen LogP contribution is 2.49. The molecule has 0 radical (unpaired) electrons. The lowest BCUT2D eigenvalue weighted by atomic mass is 9.93. The average molecular weight is 333 g/mol. The minimum atomic E-state index is -4.42. The van der Waals surface area contributed by atoms with Gasteiger partial charge in [-0.1, -0.05) is 18.2 Å². The monoisotopic (exact) mass is 333 g/mol. The highest BCUT2D eigenvalue weighted by molar-refractivity contribution is 7.84. The lowest BCUT2D eigenvalue weighted by molar-refractivity contribution is -0.137. The zero-order valence-electron chi connectivity index (χ0n) is 12.4. The van der Waals surface area contributed by atoms with Crippen molar-refractivity contribution in [1.82, 2.24) is 5.32 Å². The highest BCUT2D eigenvalue weighted by Gasteiger charge is 2.51. The van der Waals surface area contributed by atoms with Gasteiger partial charge in [-0.2, -0.15) is 13.2 Å². The first-order valence-electron chi connectivity index (χ1n) is 6.95. The van der Waals surface area contributed by atoms with Crippen LogP contribution in [0, 0.1) is 0 Å². The Morgan fingerprint density at radius 3 is 2.55 bits per heavy atom. The third-order valence-electron chi connectivity index (χ3n) is 4.04. The number of halogens is 3. The van der Waals surface area contributed by atoms with E-state index in [0.29, 0.717) is 18.4 Å². The molecule has 22 heavy (non-hydrogen) atoms. The van der Waals surface area contributed by atoms with E-state index in [-0.39, 0.29) is 17.7 Å². The van der Waals surface area contributed by atoms with E-state index in [1.54, 1.807) is 19.2 Å². The Kier molecular flexibility index (Phi) is 4.65. The van der Waals surface area contributed by atoms with Gasteiger partial charge in [-0.05, 0) is 31.4 Å². The number of benzene rings is 1. The van der Waals surface area contributed by atoms with E-state index in [0.717, 1.165) is 12.1 Å². The summed E-state index contributed by atoms with van der Waals surface area (Å²) in [6.45, 7) is 2.00. The molecule has 0 aliphatic heterocycles. The second kappa shape index (κ2) is 6.02.